The Kier molecular flexibility index (Phi) is 4.55. The van der Waals surface area contributed by atoms with Gasteiger partial charge in [-0.1, -0.05) is 31.2 Å². The second-order valence-corrected chi connectivity index (χ2v) is 7.90. The largest absolute Gasteiger partial charge is 0.367 e. The number of likely N-dealkylation sites (N-methyl/N-ethyl adjacent to an activating group) is 1. The number of pyridine rings is 1. The average molecular weight is 338 g/mol. The van der Waals surface area contributed by atoms with Crippen LogP contribution in [0.5, 0.6) is 0 Å². The number of nitrogens with zero attached hydrogens (tertiary/aromatic N) is 4. The van der Waals surface area contributed by atoms with E-state index in [-0.39, 0.29) is 0 Å². The Hall–Kier alpha value is -1.81. The van der Waals surface area contributed by atoms with E-state index in [1.165, 1.54) is 40.8 Å². The summed E-state index contributed by atoms with van der Waals surface area (Å²) in [5, 5.41) is 2.68. The molecule has 0 N–H and O–H groups in total. The zero-order chi connectivity index (χ0) is 17.4. The van der Waals surface area contributed by atoms with Crippen LogP contribution in [0, 0.1) is 12.8 Å². The highest BCUT2D eigenvalue weighted by atomic mass is 15.3. The van der Waals surface area contributed by atoms with E-state index in [9.17, 15) is 0 Å². The minimum absolute atomic E-state index is 0.756. The molecule has 4 nitrogen and oxygen atoms in total. The van der Waals surface area contributed by atoms with Crippen molar-refractivity contribution in [3.63, 3.8) is 0 Å². The molecule has 2 fully saturated rings. The van der Waals surface area contributed by atoms with Crippen LogP contribution < -0.4 is 9.80 Å². The number of hydrogen-bond donors (Lipinski definition) is 0. The van der Waals surface area contributed by atoms with Gasteiger partial charge in [-0.3, -0.25) is 0 Å². The molecule has 0 saturated carbocycles. The fourth-order valence-electron chi connectivity index (χ4n) is 4.40. The number of benzene rings is 1. The highest BCUT2D eigenvalue weighted by molar-refractivity contribution is 6.01. The third kappa shape index (κ3) is 3.20. The molecule has 4 heteroatoms. The van der Waals surface area contributed by atoms with Crippen LogP contribution in [-0.2, 0) is 0 Å². The number of rotatable bonds is 2. The first-order valence-electron chi connectivity index (χ1n) is 9.71. The van der Waals surface area contributed by atoms with Crippen LogP contribution >= 0.6 is 0 Å². The van der Waals surface area contributed by atoms with E-state index >= 15 is 0 Å². The maximum atomic E-state index is 5.12. The normalized spacial score (nSPS) is 22.6. The number of piperidine rings is 1. The van der Waals surface area contributed by atoms with Gasteiger partial charge in [0, 0.05) is 50.0 Å². The third-order valence-corrected chi connectivity index (χ3v) is 5.82. The first kappa shape index (κ1) is 16.6. The Labute approximate surface area is 151 Å². The van der Waals surface area contributed by atoms with Gasteiger partial charge in [0.2, 0.25) is 0 Å². The van der Waals surface area contributed by atoms with Crippen LogP contribution in [0.25, 0.3) is 10.8 Å². The minimum Gasteiger partial charge on any atom is -0.367 e. The zero-order valence-electron chi connectivity index (χ0n) is 15.8. The molecule has 0 aliphatic carbocycles. The van der Waals surface area contributed by atoms with E-state index in [1.807, 2.05) is 0 Å². The van der Waals surface area contributed by atoms with Gasteiger partial charge in [0.25, 0.3) is 0 Å². The van der Waals surface area contributed by atoms with E-state index in [0.29, 0.717) is 0 Å². The summed E-state index contributed by atoms with van der Waals surface area (Å²) in [4.78, 5) is 12.6. The molecule has 3 heterocycles. The van der Waals surface area contributed by atoms with Gasteiger partial charge in [0.1, 0.15) is 5.82 Å². The molecular weight excluding hydrogens is 308 g/mol. The van der Waals surface area contributed by atoms with Crippen LogP contribution in [-0.4, -0.2) is 56.2 Å². The highest BCUT2D eigenvalue weighted by Crippen LogP contribution is 2.36. The van der Waals surface area contributed by atoms with E-state index in [1.54, 1.807) is 0 Å². The molecule has 2 aliphatic heterocycles. The zero-order valence-corrected chi connectivity index (χ0v) is 15.8. The molecule has 1 aromatic carbocycles. The molecule has 0 spiro atoms. The van der Waals surface area contributed by atoms with Gasteiger partial charge >= 0.3 is 0 Å². The van der Waals surface area contributed by atoms with Crippen molar-refractivity contribution in [2.45, 2.75) is 26.7 Å². The third-order valence-electron chi connectivity index (χ3n) is 5.82. The first-order valence-corrected chi connectivity index (χ1v) is 9.71. The van der Waals surface area contributed by atoms with Gasteiger partial charge in [-0.15, -0.1) is 0 Å². The van der Waals surface area contributed by atoms with Gasteiger partial charge in [0.05, 0.1) is 11.4 Å². The summed E-state index contributed by atoms with van der Waals surface area (Å²) >= 11 is 0. The van der Waals surface area contributed by atoms with Gasteiger partial charge < -0.3 is 14.7 Å². The number of fused-ring (bicyclic) bond motifs is 1. The molecule has 2 aliphatic rings. The van der Waals surface area contributed by atoms with Crippen molar-refractivity contribution in [1.82, 2.24) is 9.88 Å². The standard InChI is InChI=1S/C21H30N4/c1-16-7-6-10-25(15-16)21-19-9-5-4-8-18(19)20(17(2)22-21)24-13-11-23(3)12-14-24/h4-5,8-9,16H,6-7,10-15H2,1-3H3. The second-order valence-electron chi connectivity index (χ2n) is 7.90. The van der Waals surface area contributed by atoms with Crippen molar-refractivity contribution < 1.29 is 0 Å². The molecule has 1 aromatic heterocycles. The molecule has 0 radical (unpaired) electrons. The topological polar surface area (TPSA) is 22.6 Å². The van der Waals surface area contributed by atoms with Crippen LogP contribution in [0.1, 0.15) is 25.5 Å². The summed E-state index contributed by atoms with van der Waals surface area (Å²) in [7, 11) is 2.21. The predicted octanol–water partition coefficient (Wildman–Crippen LogP) is 3.53. The molecule has 2 aromatic rings. The van der Waals surface area contributed by atoms with Gasteiger partial charge in [-0.25, -0.2) is 4.98 Å². The van der Waals surface area contributed by atoms with Crippen molar-refractivity contribution in [3.8, 4) is 0 Å². The molecule has 0 bridgehead atoms. The maximum Gasteiger partial charge on any atom is 0.136 e. The lowest BCUT2D eigenvalue weighted by Crippen LogP contribution is -2.45. The fraction of sp³-hybridized carbons (Fsp3) is 0.571. The molecule has 25 heavy (non-hydrogen) atoms. The van der Waals surface area contributed by atoms with Crippen LogP contribution in [0.15, 0.2) is 24.3 Å². The summed E-state index contributed by atoms with van der Waals surface area (Å²) in [6.07, 6.45) is 2.61. The van der Waals surface area contributed by atoms with Crippen LogP contribution in [0.4, 0.5) is 11.5 Å². The average Bonchev–Trinajstić information content (AvgIpc) is 2.62. The SMILES string of the molecule is Cc1nc(N2CCCC(C)C2)c2ccccc2c1N1CCN(C)CC1. The van der Waals surface area contributed by atoms with Gasteiger partial charge in [-0.2, -0.15) is 0 Å². The lowest BCUT2D eigenvalue weighted by molar-refractivity contribution is 0.313. The van der Waals surface area contributed by atoms with Crippen molar-refractivity contribution in [3.05, 3.63) is 30.0 Å². The fourth-order valence-corrected chi connectivity index (χ4v) is 4.40. The number of aryl methyl sites for hydroxylation is 1. The Morgan fingerprint density at radius 2 is 1.68 bits per heavy atom. The number of hydrogen-bond acceptors (Lipinski definition) is 4. The predicted molar refractivity (Wildman–Crippen MR) is 107 cm³/mol. The van der Waals surface area contributed by atoms with Crippen molar-refractivity contribution in [2.24, 2.45) is 5.92 Å². The molecule has 0 amide bonds. The van der Waals surface area contributed by atoms with E-state index < -0.39 is 0 Å². The van der Waals surface area contributed by atoms with Crippen LogP contribution in [0.3, 0.4) is 0 Å². The lowest BCUT2D eigenvalue weighted by Gasteiger charge is -2.37. The summed E-state index contributed by atoms with van der Waals surface area (Å²) in [5.41, 5.74) is 2.52. The molecular formula is C21H30N4. The molecule has 4 rings (SSSR count). The first-order chi connectivity index (χ1) is 12.1. The molecule has 2 saturated heterocycles. The Morgan fingerprint density at radius 1 is 0.960 bits per heavy atom. The number of anilines is 2. The van der Waals surface area contributed by atoms with Crippen molar-refractivity contribution in [2.75, 3.05) is 56.1 Å². The van der Waals surface area contributed by atoms with Gasteiger partial charge in [-0.05, 0) is 32.7 Å². The van der Waals surface area contributed by atoms with Crippen LogP contribution in [0.2, 0.25) is 0 Å². The molecule has 1 atom stereocenters. The number of aromatic nitrogens is 1. The Balaban J connectivity index is 1.78. The number of piperazine rings is 1. The second kappa shape index (κ2) is 6.83. The van der Waals surface area contributed by atoms with E-state index in [4.69, 9.17) is 4.98 Å². The maximum absolute atomic E-state index is 5.12. The summed E-state index contributed by atoms with van der Waals surface area (Å²) in [6.45, 7) is 11.2. The minimum atomic E-state index is 0.756. The summed E-state index contributed by atoms with van der Waals surface area (Å²) in [6, 6.07) is 8.87. The summed E-state index contributed by atoms with van der Waals surface area (Å²) in [5.74, 6) is 1.95. The Morgan fingerprint density at radius 3 is 2.40 bits per heavy atom. The quantitative estimate of drug-likeness (QED) is 0.835. The highest BCUT2D eigenvalue weighted by Gasteiger charge is 2.24. The Bertz CT molecular complexity index is 749. The van der Waals surface area contributed by atoms with Crippen molar-refractivity contribution >= 4 is 22.3 Å². The lowest BCUT2D eigenvalue weighted by atomic mass is 9.99. The molecule has 134 valence electrons. The van der Waals surface area contributed by atoms with E-state index in [2.05, 4.69) is 59.9 Å². The van der Waals surface area contributed by atoms with E-state index in [0.717, 1.165) is 45.2 Å². The smallest absolute Gasteiger partial charge is 0.136 e. The monoisotopic (exact) mass is 338 g/mol. The van der Waals surface area contributed by atoms with Gasteiger partial charge in [0.15, 0.2) is 0 Å². The van der Waals surface area contributed by atoms with Crippen molar-refractivity contribution in [1.29, 1.82) is 0 Å². The summed E-state index contributed by atoms with van der Waals surface area (Å²) < 4.78 is 0. The molecule has 1 unspecified atom stereocenters.